The predicted octanol–water partition coefficient (Wildman–Crippen LogP) is 1.36. The maximum Gasteiger partial charge on any atom is 0.123 e. The Bertz CT molecular complexity index is 377. The van der Waals surface area contributed by atoms with Crippen LogP contribution in [-0.4, -0.2) is 33.1 Å². The van der Waals surface area contributed by atoms with E-state index in [2.05, 4.69) is 4.90 Å². The number of anilines is 1. The summed E-state index contributed by atoms with van der Waals surface area (Å²) in [7, 11) is 3.71. The summed E-state index contributed by atoms with van der Waals surface area (Å²) in [5.74, 6) is 0.114. The molecule has 0 atom stereocenters. The average molecular weight is 221 g/mol. The van der Waals surface area contributed by atoms with Crippen molar-refractivity contribution in [3.8, 4) is 0 Å². The normalized spacial score (nSPS) is 10.2. The van der Waals surface area contributed by atoms with Crippen molar-refractivity contribution >= 4 is 11.5 Å². The Morgan fingerprint density at radius 2 is 2.19 bits per heavy atom. The number of likely N-dealkylation sites (N-methyl/N-ethyl adjacent to an activating group) is 1. The number of aryl methyl sites for hydroxylation is 1. The van der Waals surface area contributed by atoms with Crippen LogP contribution in [0.1, 0.15) is 11.1 Å². The number of benzene rings is 1. The molecule has 0 heterocycles. The van der Waals surface area contributed by atoms with Crippen molar-refractivity contribution in [3.05, 3.63) is 29.3 Å². The number of methoxy groups -OCH3 is 1. The third-order valence-corrected chi connectivity index (χ3v) is 2.57. The summed E-state index contributed by atoms with van der Waals surface area (Å²) in [4.78, 5) is 2.11. The molecule has 0 saturated heterocycles. The molecule has 88 valence electrons. The summed E-state index contributed by atoms with van der Waals surface area (Å²) in [5, 5.41) is 7.41. The van der Waals surface area contributed by atoms with Gasteiger partial charge in [-0.15, -0.1) is 0 Å². The fraction of sp³-hybridized carbons (Fsp3) is 0.417. The first-order chi connectivity index (χ1) is 7.56. The van der Waals surface area contributed by atoms with Crippen LogP contribution in [-0.2, 0) is 4.74 Å². The second-order valence-corrected chi connectivity index (χ2v) is 3.83. The molecule has 0 aliphatic rings. The number of hydrogen-bond acceptors (Lipinski definition) is 3. The number of nitrogens with two attached hydrogens (primary N) is 1. The quantitative estimate of drug-likeness (QED) is 0.583. The molecule has 0 amide bonds. The summed E-state index contributed by atoms with van der Waals surface area (Å²) in [6.45, 7) is 3.50. The molecule has 0 spiro atoms. The standard InChI is InChI=1S/C12H19N3O/c1-9-8-10(15(2)6-7-16-3)4-5-11(9)12(13)14/h4-5,8H,6-7H2,1-3H3,(H3,13,14). The van der Waals surface area contributed by atoms with Gasteiger partial charge in [0, 0.05) is 32.0 Å². The van der Waals surface area contributed by atoms with Crippen LogP contribution >= 0.6 is 0 Å². The molecule has 1 aromatic rings. The van der Waals surface area contributed by atoms with E-state index in [-0.39, 0.29) is 5.84 Å². The molecule has 16 heavy (non-hydrogen) atoms. The van der Waals surface area contributed by atoms with Gasteiger partial charge in [-0.25, -0.2) is 0 Å². The van der Waals surface area contributed by atoms with Gasteiger partial charge in [-0.05, 0) is 30.7 Å². The third kappa shape index (κ3) is 2.97. The summed E-state index contributed by atoms with van der Waals surface area (Å²) >= 11 is 0. The van der Waals surface area contributed by atoms with E-state index in [4.69, 9.17) is 15.9 Å². The van der Waals surface area contributed by atoms with E-state index < -0.39 is 0 Å². The Balaban J connectivity index is 2.84. The van der Waals surface area contributed by atoms with E-state index in [1.54, 1.807) is 7.11 Å². The van der Waals surface area contributed by atoms with Gasteiger partial charge in [0.25, 0.3) is 0 Å². The van der Waals surface area contributed by atoms with Crippen LogP contribution in [0.5, 0.6) is 0 Å². The summed E-state index contributed by atoms with van der Waals surface area (Å²) in [6, 6.07) is 5.89. The van der Waals surface area contributed by atoms with Crippen LogP contribution in [0, 0.1) is 12.3 Å². The highest BCUT2D eigenvalue weighted by Gasteiger charge is 2.05. The molecule has 0 saturated carbocycles. The van der Waals surface area contributed by atoms with E-state index in [1.807, 2.05) is 32.2 Å². The van der Waals surface area contributed by atoms with Crippen molar-refractivity contribution in [1.82, 2.24) is 0 Å². The highest BCUT2D eigenvalue weighted by atomic mass is 16.5. The molecule has 0 aliphatic carbocycles. The lowest BCUT2D eigenvalue weighted by molar-refractivity contribution is 0.206. The van der Waals surface area contributed by atoms with Crippen LogP contribution in [0.2, 0.25) is 0 Å². The van der Waals surface area contributed by atoms with Crippen molar-refractivity contribution in [1.29, 1.82) is 5.41 Å². The molecule has 0 aromatic heterocycles. The first-order valence-electron chi connectivity index (χ1n) is 5.21. The van der Waals surface area contributed by atoms with E-state index in [0.29, 0.717) is 6.61 Å². The Hall–Kier alpha value is -1.55. The Morgan fingerprint density at radius 3 is 2.69 bits per heavy atom. The van der Waals surface area contributed by atoms with E-state index in [0.717, 1.165) is 23.4 Å². The molecule has 0 unspecified atom stereocenters. The van der Waals surface area contributed by atoms with Gasteiger partial charge in [-0.3, -0.25) is 5.41 Å². The largest absolute Gasteiger partial charge is 0.384 e. The molecular formula is C12H19N3O. The van der Waals surface area contributed by atoms with Gasteiger partial charge in [0.15, 0.2) is 0 Å². The second kappa shape index (κ2) is 5.51. The zero-order valence-corrected chi connectivity index (χ0v) is 10.1. The lowest BCUT2D eigenvalue weighted by atomic mass is 10.1. The Morgan fingerprint density at radius 1 is 1.50 bits per heavy atom. The molecule has 4 nitrogen and oxygen atoms in total. The topological polar surface area (TPSA) is 62.3 Å². The molecule has 0 aliphatic heterocycles. The summed E-state index contributed by atoms with van der Waals surface area (Å²) in [6.07, 6.45) is 0. The minimum atomic E-state index is 0.114. The number of nitrogens with zero attached hydrogens (tertiary/aromatic N) is 1. The Labute approximate surface area is 96.5 Å². The fourth-order valence-electron chi connectivity index (χ4n) is 1.54. The van der Waals surface area contributed by atoms with Crippen molar-refractivity contribution in [2.24, 2.45) is 5.73 Å². The fourth-order valence-corrected chi connectivity index (χ4v) is 1.54. The zero-order valence-electron chi connectivity index (χ0n) is 10.1. The zero-order chi connectivity index (χ0) is 12.1. The van der Waals surface area contributed by atoms with Crippen LogP contribution in [0.3, 0.4) is 0 Å². The summed E-state index contributed by atoms with van der Waals surface area (Å²) in [5.41, 5.74) is 8.40. The van der Waals surface area contributed by atoms with Crippen molar-refractivity contribution in [2.75, 3.05) is 32.2 Å². The predicted molar refractivity (Wildman–Crippen MR) is 67.3 cm³/mol. The number of nitrogens with one attached hydrogen (secondary N) is 1. The summed E-state index contributed by atoms with van der Waals surface area (Å²) < 4.78 is 5.03. The number of hydrogen-bond donors (Lipinski definition) is 2. The monoisotopic (exact) mass is 221 g/mol. The smallest absolute Gasteiger partial charge is 0.123 e. The lowest BCUT2D eigenvalue weighted by Gasteiger charge is -2.20. The molecule has 1 aromatic carbocycles. The molecule has 0 fully saturated rings. The molecule has 3 N–H and O–H groups in total. The lowest BCUT2D eigenvalue weighted by Crippen LogP contribution is -2.22. The first-order valence-corrected chi connectivity index (χ1v) is 5.21. The first kappa shape index (κ1) is 12.5. The van der Waals surface area contributed by atoms with Crippen LogP contribution in [0.25, 0.3) is 0 Å². The van der Waals surface area contributed by atoms with Gasteiger partial charge >= 0.3 is 0 Å². The van der Waals surface area contributed by atoms with Crippen molar-refractivity contribution in [2.45, 2.75) is 6.92 Å². The van der Waals surface area contributed by atoms with E-state index in [1.165, 1.54) is 0 Å². The molecule has 1 rings (SSSR count). The maximum absolute atomic E-state index is 7.41. The van der Waals surface area contributed by atoms with E-state index in [9.17, 15) is 0 Å². The average Bonchev–Trinajstić information content (AvgIpc) is 2.25. The minimum Gasteiger partial charge on any atom is -0.384 e. The molecular weight excluding hydrogens is 202 g/mol. The SMILES string of the molecule is COCCN(C)c1ccc(C(=N)N)c(C)c1. The Kier molecular flexibility index (Phi) is 4.31. The highest BCUT2D eigenvalue weighted by molar-refractivity contribution is 5.96. The number of nitrogen functional groups attached to an aromatic ring is 1. The van der Waals surface area contributed by atoms with Gasteiger partial charge in [-0.2, -0.15) is 0 Å². The van der Waals surface area contributed by atoms with Crippen molar-refractivity contribution < 1.29 is 4.74 Å². The van der Waals surface area contributed by atoms with Gasteiger partial charge < -0.3 is 15.4 Å². The van der Waals surface area contributed by atoms with Crippen LogP contribution < -0.4 is 10.6 Å². The van der Waals surface area contributed by atoms with Crippen LogP contribution in [0.4, 0.5) is 5.69 Å². The number of ether oxygens (including phenoxy) is 1. The molecule has 0 bridgehead atoms. The number of amidine groups is 1. The molecule has 0 radical (unpaired) electrons. The number of rotatable bonds is 5. The highest BCUT2D eigenvalue weighted by Crippen LogP contribution is 2.17. The second-order valence-electron chi connectivity index (χ2n) is 3.83. The van der Waals surface area contributed by atoms with Gasteiger partial charge in [0.1, 0.15) is 5.84 Å². The maximum atomic E-state index is 7.41. The van der Waals surface area contributed by atoms with Gasteiger partial charge in [0.05, 0.1) is 6.61 Å². The third-order valence-electron chi connectivity index (χ3n) is 2.57. The minimum absolute atomic E-state index is 0.114. The van der Waals surface area contributed by atoms with Gasteiger partial charge in [0.2, 0.25) is 0 Å². The van der Waals surface area contributed by atoms with E-state index >= 15 is 0 Å². The van der Waals surface area contributed by atoms with Gasteiger partial charge in [-0.1, -0.05) is 0 Å². The molecule has 4 heteroatoms. The van der Waals surface area contributed by atoms with Crippen LogP contribution in [0.15, 0.2) is 18.2 Å². The van der Waals surface area contributed by atoms with Crippen molar-refractivity contribution in [3.63, 3.8) is 0 Å².